The molecule has 0 aliphatic rings. The third kappa shape index (κ3) is 5.19. The summed E-state index contributed by atoms with van der Waals surface area (Å²) in [5.41, 5.74) is 0.469. The molecule has 8 heteroatoms. The molecule has 2 N–H and O–H groups in total. The number of halogens is 6. The second-order valence-electron chi connectivity index (χ2n) is 4.87. The maximum absolute atomic E-state index is 12.8. The van der Waals surface area contributed by atoms with Crippen molar-refractivity contribution in [1.82, 2.24) is 0 Å². The topological polar surface area (TPSA) is 40.5 Å². The molecule has 2 nitrogen and oxygen atoms in total. The molecule has 0 spiro atoms. The minimum atomic E-state index is -0.860. The van der Waals surface area contributed by atoms with Gasteiger partial charge in [0.05, 0.1) is 22.3 Å². The highest BCUT2D eigenvalue weighted by Crippen LogP contribution is 2.32. The van der Waals surface area contributed by atoms with Gasteiger partial charge < -0.3 is 10.2 Å². The zero-order valence-corrected chi connectivity index (χ0v) is 15.7. The van der Waals surface area contributed by atoms with Crippen molar-refractivity contribution in [3.8, 4) is 0 Å². The Hall–Kier alpha value is -0.620. The summed E-state index contributed by atoms with van der Waals surface area (Å²) in [6.07, 6.45) is -1.72. The highest BCUT2D eigenvalue weighted by molar-refractivity contribution is 6.36. The predicted molar refractivity (Wildman–Crippen MR) is 94.1 cm³/mol. The second kappa shape index (κ2) is 9.18. The molecule has 0 aliphatic heterocycles. The van der Waals surface area contributed by atoms with Crippen LogP contribution in [0.4, 0.5) is 8.78 Å². The zero-order chi connectivity index (χ0) is 18.6. The Balaban J connectivity index is 0.000000240. The van der Waals surface area contributed by atoms with Gasteiger partial charge in [-0.15, -0.1) is 0 Å². The van der Waals surface area contributed by atoms with E-state index in [-0.39, 0.29) is 31.2 Å². The van der Waals surface area contributed by atoms with Gasteiger partial charge in [0.15, 0.2) is 0 Å². The first-order valence-corrected chi connectivity index (χ1v) is 8.22. The molecule has 2 atom stereocenters. The lowest BCUT2D eigenvalue weighted by Gasteiger charge is -2.09. The van der Waals surface area contributed by atoms with Crippen LogP contribution in [0, 0.1) is 11.6 Å². The van der Waals surface area contributed by atoms with Crippen LogP contribution in [0.5, 0.6) is 0 Å². The summed E-state index contributed by atoms with van der Waals surface area (Å²) in [7, 11) is 0. The molecule has 0 radical (unpaired) electrons. The highest BCUT2D eigenvalue weighted by Gasteiger charge is 2.15. The predicted octanol–water partition coefficient (Wildman–Crippen LogP) is 6.37. The molecule has 0 fully saturated rings. The van der Waals surface area contributed by atoms with Crippen molar-refractivity contribution >= 4 is 46.4 Å². The maximum Gasteiger partial charge on any atom is 0.142 e. The fraction of sp³-hybridized carbons (Fsp3) is 0.250. The molecule has 0 unspecified atom stereocenters. The van der Waals surface area contributed by atoms with Crippen molar-refractivity contribution in [2.75, 3.05) is 0 Å². The monoisotopic (exact) mass is 416 g/mol. The van der Waals surface area contributed by atoms with Crippen LogP contribution in [0.1, 0.15) is 37.2 Å². The van der Waals surface area contributed by atoms with Gasteiger partial charge in [-0.25, -0.2) is 8.78 Å². The minimum Gasteiger partial charge on any atom is -0.389 e. The fourth-order valence-electron chi connectivity index (χ4n) is 1.85. The van der Waals surface area contributed by atoms with E-state index in [0.717, 1.165) is 12.1 Å². The van der Waals surface area contributed by atoms with E-state index >= 15 is 0 Å². The lowest BCUT2D eigenvalue weighted by molar-refractivity contribution is 0.198. The number of benzene rings is 2. The largest absolute Gasteiger partial charge is 0.389 e. The van der Waals surface area contributed by atoms with Crippen molar-refractivity contribution < 1.29 is 19.0 Å². The third-order valence-electron chi connectivity index (χ3n) is 2.99. The van der Waals surface area contributed by atoms with Gasteiger partial charge >= 0.3 is 0 Å². The third-order valence-corrected chi connectivity index (χ3v) is 4.42. The molecule has 0 saturated carbocycles. The number of hydrogen-bond donors (Lipinski definition) is 2. The Kier molecular flexibility index (Phi) is 8.20. The summed E-state index contributed by atoms with van der Waals surface area (Å²) in [5.74, 6) is -1.14. The number of hydrogen-bond acceptors (Lipinski definition) is 2. The normalized spacial score (nSPS) is 13.1. The van der Waals surface area contributed by atoms with Gasteiger partial charge in [-0.3, -0.25) is 0 Å². The van der Waals surface area contributed by atoms with Gasteiger partial charge in [0.1, 0.15) is 11.6 Å². The average Bonchev–Trinajstić information content (AvgIpc) is 2.48. The van der Waals surface area contributed by atoms with E-state index in [1.807, 2.05) is 0 Å². The van der Waals surface area contributed by atoms with E-state index in [0.29, 0.717) is 0 Å². The summed E-state index contributed by atoms with van der Waals surface area (Å²) in [4.78, 5) is 0. The number of aliphatic hydroxyl groups is 2. The summed E-state index contributed by atoms with van der Waals surface area (Å²) in [5, 5.41) is 18.7. The van der Waals surface area contributed by atoms with Crippen molar-refractivity contribution in [3.63, 3.8) is 0 Å². The van der Waals surface area contributed by atoms with Gasteiger partial charge in [-0.1, -0.05) is 46.4 Å². The van der Waals surface area contributed by atoms with Crippen LogP contribution >= 0.6 is 46.4 Å². The lowest BCUT2D eigenvalue weighted by Crippen LogP contribution is -1.95. The van der Waals surface area contributed by atoms with E-state index < -0.39 is 23.8 Å². The lowest BCUT2D eigenvalue weighted by atomic mass is 10.1. The van der Waals surface area contributed by atoms with Gasteiger partial charge in [0.2, 0.25) is 0 Å². The van der Waals surface area contributed by atoms with Crippen molar-refractivity contribution in [2.45, 2.75) is 26.1 Å². The highest BCUT2D eigenvalue weighted by atomic mass is 35.5. The first-order valence-electron chi connectivity index (χ1n) is 6.70. The van der Waals surface area contributed by atoms with Gasteiger partial charge in [0, 0.05) is 21.2 Å². The quantitative estimate of drug-likeness (QED) is 0.557. The molecule has 0 bridgehead atoms. The number of aliphatic hydroxyl groups excluding tert-OH is 2. The Morgan fingerprint density at radius 2 is 1.00 bits per heavy atom. The molecule has 0 saturated heterocycles. The van der Waals surface area contributed by atoms with Crippen molar-refractivity contribution in [3.05, 3.63) is 67.1 Å². The van der Waals surface area contributed by atoms with Crippen LogP contribution in [0.3, 0.4) is 0 Å². The van der Waals surface area contributed by atoms with Crippen LogP contribution < -0.4 is 0 Å². The fourth-order valence-corrected chi connectivity index (χ4v) is 3.22. The smallest absolute Gasteiger partial charge is 0.142 e. The Labute approximate surface area is 158 Å². The van der Waals surface area contributed by atoms with Crippen LogP contribution in [0.25, 0.3) is 0 Å². The molecule has 24 heavy (non-hydrogen) atoms. The van der Waals surface area contributed by atoms with E-state index in [1.165, 1.54) is 26.0 Å². The second-order valence-corrected chi connectivity index (χ2v) is 6.44. The summed E-state index contributed by atoms with van der Waals surface area (Å²) < 4.78 is 25.6. The van der Waals surface area contributed by atoms with Crippen LogP contribution in [0.15, 0.2) is 24.3 Å². The molecule has 2 aromatic carbocycles. The molecular weight excluding hydrogens is 404 g/mol. The standard InChI is InChI=1S/2C8H7Cl2FO/c2*1-4(12)7-5(9)2-3-6(11)8(7)10/h2*2-4,12H,1H3/t2*4-/m00/s1. The summed E-state index contributed by atoms with van der Waals surface area (Å²) >= 11 is 22.5. The van der Waals surface area contributed by atoms with Crippen LogP contribution in [0.2, 0.25) is 20.1 Å². The molecule has 2 rings (SSSR count). The molecule has 132 valence electrons. The number of rotatable bonds is 2. The van der Waals surface area contributed by atoms with Crippen LogP contribution in [-0.2, 0) is 0 Å². The van der Waals surface area contributed by atoms with Gasteiger partial charge in [-0.2, -0.15) is 0 Å². The van der Waals surface area contributed by atoms with Gasteiger partial charge in [-0.05, 0) is 38.1 Å². The van der Waals surface area contributed by atoms with Crippen molar-refractivity contribution in [1.29, 1.82) is 0 Å². The molecule has 2 aromatic rings. The molecular formula is C16H14Cl4F2O2. The SMILES string of the molecule is C[C@H](O)c1c(Cl)ccc(F)c1Cl.C[C@H](O)c1c(Cl)ccc(F)c1Cl. The first kappa shape index (κ1) is 21.4. The molecule has 0 aliphatic carbocycles. The summed E-state index contributed by atoms with van der Waals surface area (Å²) in [6.45, 7) is 2.96. The minimum absolute atomic E-state index is 0.113. The Bertz CT molecular complexity index is 660. The molecule has 0 heterocycles. The zero-order valence-electron chi connectivity index (χ0n) is 12.6. The van der Waals surface area contributed by atoms with Crippen LogP contribution in [-0.4, -0.2) is 10.2 Å². The first-order chi connectivity index (χ1) is 11.1. The molecule has 0 aromatic heterocycles. The average molecular weight is 418 g/mol. The van der Waals surface area contributed by atoms with Gasteiger partial charge in [0.25, 0.3) is 0 Å². The molecule has 0 amide bonds. The van der Waals surface area contributed by atoms with E-state index in [1.54, 1.807) is 0 Å². The van der Waals surface area contributed by atoms with Crippen molar-refractivity contribution in [2.24, 2.45) is 0 Å². The Morgan fingerprint density at radius 1 is 0.708 bits per heavy atom. The Morgan fingerprint density at radius 3 is 1.21 bits per heavy atom. The van der Waals surface area contributed by atoms with E-state index in [2.05, 4.69) is 0 Å². The summed E-state index contributed by atoms with van der Waals surface area (Å²) in [6, 6.07) is 5.06. The maximum atomic E-state index is 12.8. The van der Waals surface area contributed by atoms with E-state index in [4.69, 9.17) is 46.4 Å². The van der Waals surface area contributed by atoms with E-state index in [9.17, 15) is 19.0 Å².